The molecule has 0 aliphatic carbocycles. The molecule has 0 fully saturated rings. The minimum Gasteiger partial charge on any atom is -0.294 e. The van der Waals surface area contributed by atoms with E-state index < -0.39 is 0 Å². The van der Waals surface area contributed by atoms with Gasteiger partial charge in [0, 0.05) is 11.5 Å². The lowest BCUT2D eigenvalue weighted by molar-refractivity contribution is 0.0939. The lowest BCUT2D eigenvalue weighted by Gasteiger charge is -2.10. The van der Waals surface area contributed by atoms with Gasteiger partial charge in [0.1, 0.15) is 5.82 Å². The molecular weight excluding hydrogens is 239 g/mol. The van der Waals surface area contributed by atoms with Gasteiger partial charge in [-0.3, -0.25) is 4.79 Å². The smallest absolute Gasteiger partial charge is 0.165 e. The van der Waals surface area contributed by atoms with E-state index >= 15 is 0 Å². The van der Waals surface area contributed by atoms with Gasteiger partial charge < -0.3 is 0 Å². The number of hydrogen-bond acceptors (Lipinski definition) is 1. The van der Waals surface area contributed by atoms with Crippen LogP contribution in [0.2, 0.25) is 0 Å². The van der Waals surface area contributed by atoms with Crippen LogP contribution >= 0.6 is 0 Å². The van der Waals surface area contributed by atoms with Gasteiger partial charge in [0.25, 0.3) is 0 Å². The van der Waals surface area contributed by atoms with Gasteiger partial charge in [-0.15, -0.1) is 0 Å². The molecule has 0 aromatic heterocycles. The summed E-state index contributed by atoms with van der Waals surface area (Å²) < 4.78 is 13.0. The number of Topliss-reactive ketones (excluding diaryl/α,β-unsaturated/α-hetero) is 1. The van der Waals surface area contributed by atoms with Crippen LogP contribution in [0, 0.1) is 18.7 Å². The number of benzene rings is 2. The molecule has 2 aromatic carbocycles. The lowest BCUT2D eigenvalue weighted by atomic mass is 9.94. The highest BCUT2D eigenvalue weighted by atomic mass is 19.1. The van der Waals surface area contributed by atoms with Gasteiger partial charge in [0.2, 0.25) is 0 Å². The normalized spacial score (nSPS) is 10.8. The molecule has 2 aromatic rings. The van der Waals surface area contributed by atoms with Crippen molar-refractivity contribution >= 4 is 5.78 Å². The SMILES string of the molecule is Cc1ccc(C(=O)C(C)C)cc1-c1ccc(F)cc1. The topological polar surface area (TPSA) is 17.1 Å². The van der Waals surface area contributed by atoms with Gasteiger partial charge in [-0.25, -0.2) is 4.39 Å². The number of ketones is 1. The Balaban J connectivity index is 2.48. The maximum Gasteiger partial charge on any atom is 0.165 e. The van der Waals surface area contributed by atoms with Crippen LogP contribution in [0.15, 0.2) is 42.5 Å². The van der Waals surface area contributed by atoms with Crippen molar-refractivity contribution in [2.75, 3.05) is 0 Å². The van der Waals surface area contributed by atoms with Crippen molar-refractivity contribution in [3.05, 3.63) is 59.4 Å². The first-order valence-electron chi connectivity index (χ1n) is 6.40. The highest BCUT2D eigenvalue weighted by Crippen LogP contribution is 2.25. The molecule has 0 radical (unpaired) electrons. The Bertz CT molecular complexity index is 597. The zero-order valence-electron chi connectivity index (χ0n) is 11.4. The summed E-state index contributed by atoms with van der Waals surface area (Å²) >= 11 is 0. The number of halogens is 1. The first-order chi connectivity index (χ1) is 8.99. The second-order valence-corrected chi connectivity index (χ2v) is 5.06. The van der Waals surface area contributed by atoms with E-state index in [0.717, 1.165) is 16.7 Å². The zero-order chi connectivity index (χ0) is 14.0. The number of carbonyl (C=O) groups is 1. The van der Waals surface area contributed by atoms with E-state index in [9.17, 15) is 9.18 Å². The van der Waals surface area contributed by atoms with Crippen LogP contribution in [0.25, 0.3) is 11.1 Å². The first-order valence-corrected chi connectivity index (χ1v) is 6.40. The summed E-state index contributed by atoms with van der Waals surface area (Å²) in [5.41, 5.74) is 3.69. The maximum absolute atomic E-state index is 13.0. The molecule has 0 amide bonds. The molecule has 0 saturated carbocycles. The van der Waals surface area contributed by atoms with Gasteiger partial charge in [-0.05, 0) is 41.8 Å². The second-order valence-electron chi connectivity index (χ2n) is 5.06. The number of aryl methyl sites for hydroxylation is 1. The third kappa shape index (κ3) is 2.90. The van der Waals surface area contributed by atoms with Crippen LogP contribution in [0.4, 0.5) is 4.39 Å². The second kappa shape index (κ2) is 5.35. The van der Waals surface area contributed by atoms with E-state index in [1.165, 1.54) is 12.1 Å². The highest BCUT2D eigenvalue weighted by Gasteiger charge is 2.12. The van der Waals surface area contributed by atoms with Crippen LogP contribution in [0.3, 0.4) is 0 Å². The Morgan fingerprint density at radius 2 is 1.68 bits per heavy atom. The molecule has 1 nitrogen and oxygen atoms in total. The third-order valence-corrected chi connectivity index (χ3v) is 3.20. The molecule has 98 valence electrons. The fourth-order valence-corrected chi connectivity index (χ4v) is 2.05. The minimum absolute atomic E-state index is 0.0243. The molecule has 0 heterocycles. The summed E-state index contributed by atoms with van der Waals surface area (Å²) in [5, 5.41) is 0. The molecule has 19 heavy (non-hydrogen) atoms. The van der Waals surface area contributed by atoms with Crippen molar-refractivity contribution in [2.45, 2.75) is 20.8 Å². The molecule has 0 atom stereocenters. The lowest BCUT2D eigenvalue weighted by Crippen LogP contribution is -2.07. The Morgan fingerprint density at radius 3 is 2.26 bits per heavy atom. The van der Waals surface area contributed by atoms with Crippen LogP contribution in [-0.2, 0) is 0 Å². The van der Waals surface area contributed by atoms with Gasteiger partial charge in [0.05, 0.1) is 0 Å². The third-order valence-electron chi connectivity index (χ3n) is 3.20. The molecule has 2 rings (SSSR count). The van der Waals surface area contributed by atoms with Crippen molar-refractivity contribution in [3.8, 4) is 11.1 Å². The van der Waals surface area contributed by atoms with Crippen LogP contribution in [0.5, 0.6) is 0 Å². The molecule has 0 unspecified atom stereocenters. The highest BCUT2D eigenvalue weighted by molar-refractivity contribution is 5.98. The standard InChI is InChI=1S/C17H17FO/c1-11(2)17(19)14-5-4-12(3)16(10-14)13-6-8-15(18)9-7-13/h4-11H,1-3H3. The molecule has 0 saturated heterocycles. The van der Waals surface area contributed by atoms with Gasteiger partial charge in [-0.2, -0.15) is 0 Å². The summed E-state index contributed by atoms with van der Waals surface area (Å²) in [6, 6.07) is 12.0. The first kappa shape index (κ1) is 13.5. The number of hydrogen-bond donors (Lipinski definition) is 0. The summed E-state index contributed by atoms with van der Waals surface area (Å²) in [6.45, 7) is 5.77. The molecule has 0 spiro atoms. The van der Waals surface area contributed by atoms with E-state index in [-0.39, 0.29) is 17.5 Å². The summed E-state index contributed by atoms with van der Waals surface area (Å²) in [7, 11) is 0. The van der Waals surface area contributed by atoms with E-state index in [1.807, 2.05) is 39.0 Å². The van der Waals surface area contributed by atoms with E-state index in [4.69, 9.17) is 0 Å². The van der Waals surface area contributed by atoms with E-state index in [0.29, 0.717) is 5.56 Å². The van der Waals surface area contributed by atoms with Crippen LogP contribution in [0.1, 0.15) is 29.8 Å². The minimum atomic E-state index is -0.254. The summed E-state index contributed by atoms with van der Waals surface area (Å²) in [4.78, 5) is 12.0. The predicted molar refractivity (Wildman–Crippen MR) is 75.7 cm³/mol. The van der Waals surface area contributed by atoms with Crippen molar-refractivity contribution in [3.63, 3.8) is 0 Å². The Kier molecular flexibility index (Phi) is 3.79. The van der Waals surface area contributed by atoms with Crippen LogP contribution < -0.4 is 0 Å². The molecular formula is C17H17FO. The van der Waals surface area contributed by atoms with Gasteiger partial charge >= 0.3 is 0 Å². The molecule has 0 bridgehead atoms. The molecule has 2 heteroatoms. The average molecular weight is 256 g/mol. The Labute approximate surface area is 113 Å². The maximum atomic E-state index is 13.0. The van der Waals surface area contributed by atoms with Gasteiger partial charge in [0.15, 0.2) is 5.78 Å². The Morgan fingerprint density at radius 1 is 1.05 bits per heavy atom. The molecule has 0 aliphatic rings. The summed E-state index contributed by atoms with van der Waals surface area (Å²) in [6.07, 6.45) is 0. The van der Waals surface area contributed by atoms with Crippen molar-refractivity contribution < 1.29 is 9.18 Å². The quantitative estimate of drug-likeness (QED) is 0.731. The van der Waals surface area contributed by atoms with E-state index in [1.54, 1.807) is 12.1 Å². The Hall–Kier alpha value is -1.96. The largest absolute Gasteiger partial charge is 0.294 e. The fourth-order valence-electron chi connectivity index (χ4n) is 2.05. The molecule has 0 N–H and O–H groups in total. The number of rotatable bonds is 3. The zero-order valence-corrected chi connectivity index (χ0v) is 11.4. The van der Waals surface area contributed by atoms with Gasteiger partial charge in [-0.1, -0.05) is 38.1 Å². The average Bonchev–Trinajstić information content (AvgIpc) is 2.39. The molecule has 0 aliphatic heterocycles. The van der Waals surface area contributed by atoms with Crippen molar-refractivity contribution in [1.82, 2.24) is 0 Å². The van der Waals surface area contributed by atoms with Crippen molar-refractivity contribution in [2.24, 2.45) is 5.92 Å². The monoisotopic (exact) mass is 256 g/mol. The number of carbonyl (C=O) groups excluding carboxylic acids is 1. The summed E-state index contributed by atoms with van der Waals surface area (Å²) in [5.74, 6) is -0.150. The van der Waals surface area contributed by atoms with E-state index in [2.05, 4.69) is 0 Å². The predicted octanol–water partition coefficient (Wildman–Crippen LogP) is 4.64. The fraction of sp³-hybridized carbons (Fsp3) is 0.235. The van der Waals surface area contributed by atoms with Crippen LogP contribution in [-0.4, -0.2) is 5.78 Å². The van der Waals surface area contributed by atoms with Crippen molar-refractivity contribution in [1.29, 1.82) is 0 Å².